The molecule has 2 N–H and O–H groups in total. The number of hydrogen-bond acceptors (Lipinski definition) is 3. The summed E-state index contributed by atoms with van der Waals surface area (Å²) in [5, 5.41) is 8.79. The van der Waals surface area contributed by atoms with E-state index < -0.39 is 0 Å². The molecule has 0 heterocycles. The van der Waals surface area contributed by atoms with Gasteiger partial charge in [-0.25, -0.2) is 0 Å². The van der Waals surface area contributed by atoms with Gasteiger partial charge in [0, 0.05) is 14.8 Å². The minimum Gasteiger partial charge on any atom is -0.399 e. The molecular formula is C9H7IN2O. The number of benzene rings is 1. The molecule has 0 saturated carbocycles. The Bertz CT molecular complexity index is 407. The maximum Gasteiger partial charge on any atom is 0.161 e. The van der Waals surface area contributed by atoms with Gasteiger partial charge >= 0.3 is 0 Å². The van der Waals surface area contributed by atoms with Crippen molar-refractivity contribution < 1.29 is 4.79 Å². The molecule has 0 aliphatic heterocycles. The number of nitrogens with two attached hydrogens (primary N) is 1. The van der Waals surface area contributed by atoms with Gasteiger partial charge in [0.1, 0.15) is 6.07 Å². The fourth-order valence-electron chi connectivity index (χ4n) is 1.02. The number of rotatable bonds is 1. The predicted molar refractivity (Wildman–Crippen MR) is 58.3 cm³/mol. The monoisotopic (exact) mass is 286 g/mol. The highest BCUT2D eigenvalue weighted by atomic mass is 127. The molecule has 1 aromatic carbocycles. The molecule has 0 bridgehead atoms. The van der Waals surface area contributed by atoms with Crippen LogP contribution in [0.2, 0.25) is 0 Å². The number of Topliss-reactive ketones (excluding diaryl/α,β-unsaturated/α-hetero) is 1. The zero-order valence-corrected chi connectivity index (χ0v) is 9.12. The number of nitrogens with zero attached hydrogens (tertiary/aromatic N) is 1. The molecule has 0 spiro atoms. The minimum absolute atomic E-state index is 0.137. The average molecular weight is 286 g/mol. The third kappa shape index (κ3) is 1.98. The number of nitrogen functional groups attached to an aromatic ring is 1. The molecule has 0 radical (unpaired) electrons. The lowest BCUT2D eigenvalue weighted by Crippen LogP contribution is -2.01. The Morgan fingerprint density at radius 2 is 2.23 bits per heavy atom. The number of nitriles is 1. The third-order valence-corrected chi connectivity index (χ3v) is 2.45. The Morgan fingerprint density at radius 3 is 2.69 bits per heavy atom. The molecule has 1 aromatic rings. The van der Waals surface area contributed by atoms with Crippen molar-refractivity contribution in [3.05, 3.63) is 26.8 Å². The summed E-state index contributed by atoms with van der Waals surface area (Å²) in [6, 6.07) is 5.19. The minimum atomic E-state index is -0.137. The predicted octanol–water partition coefficient (Wildman–Crippen LogP) is 1.95. The summed E-state index contributed by atoms with van der Waals surface area (Å²) < 4.78 is 0.713. The molecular weight excluding hydrogens is 279 g/mol. The number of hydrogen-bond donors (Lipinski definition) is 1. The molecule has 0 saturated heterocycles. The largest absolute Gasteiger partial charge is 0.399 e. The topological polar surface area (TPSA) is 66.9 Å². The zero-order chi connectivity index (χ0) is 10.0. The summed E-state index contributed by atoms with van der Waals surface area (Å²) in [5.74, 6) is -0.137. The van der Waals surface area contributed by atoms with Crippen molar-refractivity contribution in [3.63, 3.8) is 0 Å². The van der Waals surface area contributed by atoms with Crippen molar-refractivity contribution in [1.29, 1.82) is 5.26 Å². The van der Waals surface area contributed by atoms with Crippen LogP contribution in [-0.4, -0.2) is 5.78 Å². The Hall–Kier alpha value is -1.09. The number of anilines is 1. The fraction of sp³-hybridized carbons (Fsp3) is 0.111. The first-order valence-corrected chi connectivity index (χ1v) is 4.64. The second kappa shape index (κ2) is 3.75. The van der Waals surface area contributed by atoms with Gasteiger partial charge in [0.2, 0.25) is 0 Å². The van der Waals surface area contributed by atoms with Crippen molar-refractivity contribution in [2.24, 2.45) is 0 Å². The summed E-state index contributed by atoms with van der Waals surface area (Å²) in [6.45, 7) is 1.42. The van der Waals surface area contributed by atoms with E-state index in [0.29, 0.717) is 20.4 Å². The summed E-state index contributed by atoms with van der Waals surface area (Å²) in [5.41, 5.74) is 6.86. The van der Waals surface area contributed by atoms with Gasteiger partial charge in [-0.2, -0.15) is 5.26 Å². The molecule has 0 aliphatic rings. The van der Waals surface area contributed by atoms with E-state index in [4.69, 9.17) is 11.0 Å². The molecule has 13 heavy (non-hydrogen) atoms. The molecule has 0 amide bonds. The van der Waals surface area contributed by atoms with Gasteiger partial charge in [0.25, 0.3) is 0 Å². The SMILES string of the molecule is CC(=O)c1cc(N)cc(I)c1C#N. The standard InChI is InChI=1S/C9H7IN2O/c1-5(13)7-2-6(12)3-9(10)8(7)4-11/h2-3H,12H2,1H3. The smallest absolute Gasteiger partial charge is 0.161 e. The van der Waals surface area contributed by atoms with E-state index >= 15 is 0 Å². The maximum atomic E-state index is 11.1. The summed E-state index contributed by atoms with van der Waals surface area (Å²) in [7, 11) is 0. The van der Waals surface area contributed by atoms with Crippen LogP contribution in [0.4, 0.5) is 5.69 Å². The molecule has 0 unspecified atom stereocenters. The molecule has 1 rings (SSSR count). The van der Waals surface area contributed by atoms with E-state index in [1.54, 1.807) is 6.07 Å². The van der Waals surface area contributed by atoms with Crippen molar-refractivity contribution in [3.8, 4) is 6.07 Å². The molecule has 0 aromatic heterocycles. The highest BCUT2D eigenvalue weighted by Gasteiger charge is 2.11. The van der Waals surface area contributed by atoms with Crippen LogP contribution in [0.5, 0.6) is 0 Å². The van der Waals surface area contributed by atoms with Gasteiger partial charge in [-0.1, -0.05) is 0 Å². The first-order chi connectivity index (χ1) is 6.06. The van der Waals surface area contributed by atoms with E-state index in [0.717, 1.165) is 0 Å². The highest BCUT2D eigenvalue weighted by molar-refractivity contribution is 14.1. The summed E-state index contributed by atoms with van der Waals surface area (Å²) in [6.07, 6.45) is 0. The van der Waals surface area contributed by atoms with Crippen molar-refractivity contribution >= 4 is 34.1 Å². The maximum absolute atomic E-state index is 11.1. The number of ketones is 1. The van der Waals surface area contributed by atoms with Crippen LogP contribution in [0.1, 0.15) is 22.8 Å². The lowest BCUT2D eigenvalue weighted by Gasteiger charge is -2.03. The van der Waals surface area contributed by atoms with Gasteiger partial charge in [-0.05, 0) is 41.6 Å². The van der Waals surface area contributed by atoms with Crippen molar-refractivity contribution in [2.45, 2.75) is 6.92 Å². The highest BCUT2D eigenvalue weighted by Crippen LogP contribution is 2.20. The number of carbonyl (C=O) groups excluding carboxylic acids is 1. The van der Waals surface area contributed by atoms with Crippen molar-refractivity contribution in [1.82, 2.24) is 0 Å². The van der Waals surface area contributed by atoms with Crippen molar-refractivity contribution in [2.75, 3.05) is 5.73 Å². The molecule has 66 valence electrons. The van der Waals surface area contributed by atoms with Gasteiger partial charge in [-0.3, -0.25) is 4.79 Å². The normalized spacial score (nSPS) is 9.31. The van der Waals surface area contributed by atoms with E-state index in [1.165, 1.54) is 13.0 Å². The Morgan fingerprint density at radius 1 is 1.62 bits per heavy atom. The Labute approximate surface area is 89.7 Å². The fourth-order valence-corrected chi connectivity index (χ4v) is 1.79. The number of halogens is 1. The second-order valence-corrected chi connectivity index (χ2v) is 3.76. The van der Waals surface area contributed by atoms with E-state index in [9.17, 15) is 4.79 Å². The van der Waals surface area contributed by atoms with E-state index in [1.807, 2.05) is 28.7 Å². The first kappa shape index (κ1) is 9.99. The van der Waals surface area contributed by atoms with Gasteiger partial charge in [0.15, 0.2) is 5.78 Å². The van der Waals surface area contributed by atoms with Crippen LogP contribution in [0.15, 0.2) is 12.1 Å². The molecule has 0 atom stereocenters. The third-order valence-electron chi connectivity index (χ3n) is 1.60. The van der Waals surface area contributed by atoms with Crippen LogP contribution >= 0.6 is 22.6 Å². The summed E-state index contributed by atoms with van der Waals surface area (Å²) in [4.78, 5) is 11.1. The van der Waals surface area contributed by atoms with Crippen LogP contribution < -0.4 is 5.73 Å². The lowest BCUT2D eigenvalue weighted by molar-refractivity contribution is 0.101. The zero-order valence-electron chi connectivity index (χ0n) is 6.97. The van der Waals surface area contributed by atoms with E-state index in [2.05, 4.69) is 0 Å². The Balaban J connectivity index is 3.50. The molecule has 0 aliphatic carbocycles. The van der Waals surface area contributed by atoms with Gasteiger partial charge < -0.3 is 5.73 Å². The van der Waals surface area contributed by atoms with Crippen LogP contribution in [-0.2, 0) is 0 Å². The molecule has 3 nitrogen and oxygen atoms in total. The Kier molecular flexibility index (Phi) is 2.88. The number of carbonyl (C=O) groups is 1. The van der Waals surface area contributed by atoms with Gasteiger partial charge in [0.05, 0.1) is 5.56 Å². The lowest BCUT2D eigenvalue weighted by atomic mass is 10.0. The second-order valence-electron chi connectivity index (χ2n) is 2.59. The molecule has 0 fully saturated rings. The van der Waals surface area contributed by atoms with Gasteiger partial charge in [-0.15, -0.1) is 0 Å². The van der Waals surface area contributed by atoms with Crippen LogP contribution in [0.25, 0.3) is 0 Å². The van der Waals surface area contributed by atoms with Crippen LogP contribution in [0.3, 0.4) is 0 Å². The quantitative estimate of drug-likeness (QED) is 0.487. The molecule has 4 heteroatoms. The first-order valence-electron chi connectivity index (χ1n) is 3.56. The van der Waals surface area contributed by atoms with E-state index in [-0.39, 0.29) is 5.78 Å². The van der Waals surface area contributed by atoms with Crippen LogP contribution in [0, 0.1) is 14.9 Å². The summed E-state index contributed by atoms with van der Waals surface area (Å²) >= 11 is 1.99. The average Bonchev–Trinajstić information content (AvgIpc) is 2.02.